The molecule has 0 radical (unpaired) electrons. The predicted molar refractivity (Wildman–Crippen MR) is 138 cm³/mol. The Morgan fingerprint density at radius 3 is 2.57 bits per heavy atom. The summed E-state index contributed by atoms with van der Waals surface area (Å²) in [5.74, 6) is -0.930. The Morgan fingerprint density at radius 2 is 1.92 bits per heavy atom. The van der Waals surface area contributed by atoms with Gasteiger partial charge in [-0.15, -0.1) is 0 Å². The van der Waals surface area contributed by atoms with Crippen molar-refractivity contribution in [3.63, 3.8) is 0 Å². The lowest BCUT2D eigenvalue weighted by molar-refractivity contribution is -0.128. The monoisotopic (exact) mass is 547 g/mol. The van der Waals surface area contributed by atoms with Gasteiger partial charge in [0.05, 0.1) is 10.7 Å². The molecule has 1 aromatic heterocycles. The number of hydrogen-bond donors (Lipinski definition) is 1. The van der Waals surface area contributed by atoms with Gasteiger partial charge in [0, 0.05) is 24.3 Å². The van der Waals surface area contributed by atoms with Gasteiger partial charge in [-0.3, -0.25) is 4.79 Å². The van der Waals surface area contributed by atoms with E-state index in [2.05, 4.69) is 37.2 Å². The summed E-state index contributed by atoms with van der Waals surface area (Å²) in [4.78, 5) is 24.4. The van der Waals surface area contributed by atoms with Crippen molar-refractivity contribution >= 4 is 39.6 Å². The molecule has 1 saturated carbocycles. The van der Waals surface area contributed by atoms with E-state index >= 15 is 4.39 Å². The highest BCUT2D eigenvalue weighted by atomic mass is 35.5. The number of aromatic nitrogens is 2. The lowest BCUT2D eigenvalue weighted by atomic mass is 9.78. The van der Waals surface area contributed by atoms with Crippen molar-refractivity contribution in [3.8, 4) is 0 Å². The topological polar surface area (TPSA) is 105 Å². The summed E-state index contributed by atoms with van der Waals surface area (Å²) < 4.78 is 41.8. The lowest BCUT2D eigenvalue weighted by Crippen LogP contribution is -2.47. The Kier molecular flexibility index (Phi) is 8.25. The molecule has 1 heterocycles. The number of anilines is 2. The van der Waals surface area contributed by atoms with E-state index in [0.29, 0.717) is 5.92 Å². The quantitative estimate of drug-likeness (QED) is 0.313. The van der Waals surface area contributed by atoms with Crippen LogP contribution in [-0.2, 0) is 19.7 Å². The molecule has 0 aliphatic heterocycles. The molecular formula is C25H27ClFN5O4S. The third-order valence-corrected chi connectivity index (χ3v) is 8.39. The number of nitrogens with one attached hydrogen (secondary N) is 1. The molecule has 2 aromatic carbocycles. The largest absolute Gasteiger partial charge is 0.379 e. The minimum Gasteiger partial charge on any atom is -0.379 e. The Morgan fingerprint density at radius 1 is 1.16 bits per heavy atom. The van der Waals surface area contributed by atoms with Gasteiger partial charge in [-0.25, -0.2) is 14.4 Å². The first-order valence-electron chi connectivity index (χ1n) is 11.6. The van der Waals surface area contributed by atoms with Crippen LogP contribution in [0.1, 0.15) is 30.7 Å². The Bertz CT molecular complexity index is 1330. The molecule has 0 spiro atoms. The summed E-state index contributed by atoms with van der Waals surface area (Å²) in [5, 5.41) is 3.34. The molecule has 9 nitrogen and oxygen atoms in total. The zero-order chi connectivity index (χ0) is 26.6. The molecule has 1 aliphatic rings. The summed E-state index contributed by atoms with van der Waals surface area (Å²) in [6, 6.07) is 13.7. The molecule has 0 saturated heterocycles. The van der Waals surface area contributed by atoms with Crippen LogP contribution in [0.3, 0.4) is 0 Å². The van der Waals surface area contributed by atoms with Crippen molar-refractivity contribution in [1.29, 1.82) is 0 Å². The third kappa shape index (κ3) is 5.84. The first-order valence-corrected chi connectivity index (χ1v) is 13.4. The number of benzene rings is 2. The van der Waals surface area contributed by atoms with E-state index in [0.717, 1.165) is 37.7 Å². The minimum atomic E-state index is -4.69. The zero-order valence-corrected chi connectivity index (χ0v) is 21.9. The van der Waals surface area contributed by atoms with Gasteiger partial charge in [0.2, 0.25) is 0 Å². The standard InChI is InChI=1S/C25H27ClFN5O4S/c1-31(2)23-12-18(17-6-4-3-5-7-17)8-9-21(23)30-22-14-20(27)24(13-19(22)26)37(34,35)32(36-16-33)25-10-11-28-15-29-25/h3-7,10-11,13-16,18,21,23,30H,8-9,12H2,1-2H3/t18-,21-,23-/m0/s1. The summed E-state index contributed by atoms with van der Waals surface area (Å²) in [6.45, 7) is -0.0950. The van der Waals surface area contributed by atoms with E-state index < -0.39 is 20.7 Å². The maximum atomic E-state index is 15.2. The third-order valence-electron chi connectivity index (χ3n) is 6.50. The van der Waals surface area contributed by atoms with E-state index in [1.54, 1.807) is 0 Å². The van der Waals surface area contributed by atoms with Crippen molar-refractivity contribution in [1.82, 2.24) is 14.9 Å². The maximum absolute atomic E-state index is 15.2. The number of halogens is 2. The van der Waals surface area contributed by atoms with Gasteiger partial charge in [0.25, 0.3) is 10.0 Å². The minimum absolute atomic E-state index is 0.0106. The van der Waals surface area contributed by atoms with Crippen molar-refractivity contribution in [2.45, 2.75) is 42.2 Å². The maximum Gasteiger partial charge on any atom is 0.322 e. The smallest absolute Gasteiger partial charge is 0.322 e. The fourth-order valence-electron chi connectivity index (χ4n) is 4.70. The van der Waals surface area contributed by atoms with Gasteiger partial charge >= 0.3 is 6.47 Å². The average molecular weight is 548 g/mol. The molecule has 1 fully saturated rings. The highest BCUT2D eigenvalue weighted by molar-refractivity contribution is 7.92. The van der Waals surface area contributed by atoms with Crippen LogP contribution < -0.4 is 9.79 Å². The fraction of sp³-hybridized carbons (Fsp3) is 0.320. The molecule has 0 amide bonds. The van der Waals surface area contributed by atoms with Crippen LogP contribution in [0.4, 0.5) is 15.9 Å². The molecule has 0 bridgehead atoms. The second-order valence-electron chi connectivity index (χ2n) is 8.97. The number of hydrogen-bond acceptors (Lipinski definition) is 8. The Balaban J connectivity index is 1.59. The van der Waals surface area contributed by atoms with Crippen LogP contribution in [0.25, 0.3) is 0 Å². The van der Waals surface area contributed by atoms with E-state index in [9.17, 15) is 13.2 Å². The van der Waals surface area contributed by atoms with Crippen LogP contribution >= 0.6 is 11.6 Å². The van der Waals surface area contributed by atoms with E-state index in [1.807, 2.05) is 32.3 Å². The zero-order valence-electron chi connectivity index (χ0n) is 20.3. The first kappa shape index (κ1) is 26.8. The molecule has 4 rings (SSSR count). The number of carbonyl (C=O) groups is 1. The van der Waals surface area contributed by atoms with E-state index in [1.165, 1.54) is 17.8 Å². The molecule has 3 aromatic rings. The molecular weight excluding hydrogens is 521 g/mol. The molecule has 1 aliphatic carbocycles. The Hall–Kier alpha value is -3.28. The number of likely N-dealkylation sites (N-methyl/N-ethyl adjacent to an activating group) is 1. The Labute approximate surface area is 220 Å². The van der Waals surface area contributed by atoms with Crippen LogP contribution in [-0.4, -0.2) is 55.9 Å². The van der Waals surface area contributed by atoms with Crippen LogP contribution in [0, 0.1) is 5.82 Å². The van der Waals surface area contributed by atoms with Gasteiger partial charge < -0.3 is 15.1 Å². The summed E-state index contributed by atoms with van der Waals surface area (Å²) in [7, 11) is -0.689. The van der Waals surface area contributed by atoms with Gasteiger partial charge in [-0.1, -0.05) is 46.4 Å². The fourth-order valence-corrected chi connectivity index (χ4v) is 6.24. The first-order chi connectivity index (χ1) is 17.7. The second kappa shape index (κ2) is 11.4. The van der Waals surface area contributed by atoms with Crippen molar-refractivity contribution < 1.29 is 22.4 Å². The van der Waals surface area contributed by atoms with Gasteiger partial charge in [-0.05, 0) is 57.0 Å². The average Bonchev–Trinajstić information content (AvgIpc) is 2.90. The van der Waals surface area contributed by atoms with Gasteiger partial charge in [0.15, 0.2) is 5.82 Å². The predicted octanol–water partition coefficient (Wildman–Crippen LogP) is 4.23. The molecule has 0 unspecified atom stereocenters. The van der Waals surface area contributed by atoms with Gasteiger partial charge in [0.1, 0.15) is 17.0 Å². The number of nitrogens with zero attached hydrogens (tertiary/aromatic N) is 4. The molecule has 1 N–H and O–H groups in total. The molecule has 12 heteroatoms. The van der Waals surface area contributed by atoms with Crippen molar-refractivity contribution in [2.24, 2.45) is 0 Å². The number of carbonyl (C=O) groups excluding carboxylic acids is 1. The lowest BCUT2D eigenvalue weighted by Gasteiger charge is -2.41. The normalized spacial score (nSPS) is 19.9. The number of rotatable bonds is 9. The van der Waals surface area contributed by atoms with Crippen molar-refractivity contribution in [3.05, 3.63) is 77.5 Å². The van der Waals surface area contributed by atoms with E-state index in [4.69, 9.17) is 11.6 Å². The molecule has 37 heavy (non-hydrogen) atoms. The number of sulfonamides is 1. The highest BCUT2D eigenvalue weighted by Gasteiger charge is 2.35. The van der Waals surface area contributed by atoms with Crippen LogP contribution in [0.2, 0.25) is 5.02 Å². The second-order valence-corrected chi connectivity index (χ2v) is 11.1. The highest BCUT2D eigenvalue weighted by Crippen LogP contribution is 2.38. The summed E-state index contributed by atoms with van der Waals surface area (Å²) in [5.41, 5.74) is 1.57. The molecule has 3 atom stereocenters. The van der Waals surface area contributed by atoms with Crippen molar-refractivity contribution in [2.75, 3.05) is 23.9 Å². The summed E-state index contributed by atoms with van der Waals surface area (Å²) in [6.07, 6.45) is 4.97. The molecule has 196 valence electrons. The van der Waals surface area contributed by atoms with E-state index in [-0.39, 0.29) is 39.6 Å². The van der Waals surface area contributed by atoms with Crippen LogP contribution in [0.15, 0.2) is 66.0 Å². The van der Waals surface area contributed by atoms with Gasteiger partial charge in [-0.2, -0.15) is 8.42 Å². The SMILES string of the molecule is CN(C)[C@H]1C[C@@H](c2ccccc2)CC[C@@H]1Nc1cc(F)c(S(=O)(=O)N(OC=O)c2ccncn2)cc1Cl. The van der Waals surface area contributed by atoms with Crippen LogP contribution in [0.5, 0.6) is 0 Å². The summed E-state index contributed by atoms with van der Waals surface area (Å²) >= 11 is 6.44.